The molecule has 0 atom stereocenters. The van der Waals surface area contributed by atoms with Crippen molar-refractivity contribution in [2.24, 2.45) is 5.92 Å². The summed E-state index contributed by atoms with van der Waals surface area (Å²) in [4.78, 5) is 15.6. The molecule has 1 fully saturated rings. The number of Topliss-reactive ketones (excluding diaryl/α,β-unsaturated/α-hetero) is 1. The molecule has 3 nitrogen and oxygen atoms in total. The molecule has 0 spiro atoms. The minimum absolute atomic E-state index is 0.143. The first-order valence-corrected chi connectivity index (χ1v) is 6.65. The average molecular weight is 263 g/mol. The van der Waals surface area contributed by atoms with Crippen molar-refractivity contribution in [3.8, 4) is 0 Å². The number of piperidine rings is 1. The van der Waals surface area contributed by atoms with E-state index in [1.165, 1.54) is 0 Å². The summed E-state index contributed by atoms with van der Waals surface area (Å²) in [6.45, 7) is 1.86. The smallest absolute Gasteiger partial charge is 0.168 e. The van der Waals surface area contributed by atoms with Crippen LogP contribution in [-0.2, 0) is 0 Å². The lowest BCUT2D eigenvalue weighted by atomic mass is 9.89. The Kier molecular flexibility index (Phi) is 3.10. The average Bonchev–Trinajstić information content (AvgIpc) is 2.82. The first-order chi connectivity index (χ1) is 8.75. The maximum absolute atomic E-state index is 12.5. The van der Waals surface area contributed by atoms with Crippen LogP contribution in [0.3, 0.4) is 0 Å². The van der Waals surface area contributed by atoms with Crippen LogP contribution in [0, 0.1) is 5.92 Å². The number of ketones is 1. The molecule has 0 saturated carbocycles. The molecule has 1 aromatic heterocycles. The minimum Gasteiger partial charge on any atom is -0.360 e. The van der Waals surface area contributed by atoms with Crippen molar-refractivity contribution in [1.29, 1.82) is 0 Å². The highest BCUT2D eigenvalue weighted by Crippen LogP contribution is 2.26. The van der Waals surface area contributed by atoms with Gasteiger partial charge in [0.2, 0.25) is 0 Å². The Morgan fingerprint density at radius 2 is 2.06 bits per heavy atom. The van der Waals surface area contributed by atoms with Gasteiger partial charge in [0.15, 0.2) is 5.78 Å². The van der Waals surface area contributed by atoms with Gasteiger partial charge in [-0.2, -0.15) is 0 Å². The number of hydrogen-bond acceptors (Lipinski definition) is 2. The first kappa shape index (κ1) is 11.8. The quantitative estimate of drug-likeness (QED) is 0.818. The normalized spacial score (nSPS) is 17.2. The van der Waals surface area contributed by atoms with Crippen molar-refractivity contribution in [2.75, 3.05) is 13.1 Å². The zero-order valence-corrected chi connectivity index (χ0v) is 10.8. The standard InChI is InChI=1S/C14H15ClN2O/c15-10-1-2-13-11(7-10)12(8-17-13)14(18)9-3-5-16-6-4-9/h1-2,7-9,16-17H,3-6H2. The van der Waals surface area contributed by atoms with E-state index < -0.39 is 0 Å². The third kappa shape index (κ3) is 2.04. The Bertz CT molecular complexity index is 584. The van der Waals surface area contributed by atoms with Gasteiger partial charge in [0.1, 0.15) is 0 Å². The summed E-state index contributed by atoms with van der Waals surface area (Å²) in [5.41, 5.74) is 1.75. The van der Waals surface area contributed by atoms with Gasteiger partial charge < -0.3 is 10.3 Å². The third-order valence-electron chi connectivity index (χ3n) is 3.62. The van der Waals surface area contributed by atoms with E-state index >= 15 is 0 Å². The molecule has 1 aromatic carbocycles. The number of halogens is 1. The summed E-state index contributed by atoms with van der Waals surface area (Å²) in [7, 11) is 0. The first-order valence-electron chi connectivity index (χ1n) is 6.27. The lowest BCUT2D eigenvalue weighted by Crippen LogP contribution is -2.31. The van der Waals surface area contributed by atoms with Crippen LogP contribution in [-0.4, -0.2) is 23.9 Å². The van der Waals surface area contributed by atoms with E-state index in [4.69, 9.17) is 11.6 Å². The molecule has 94 valence electrons. The van der Waals surface area contributed by atoms with Gasteiger partial charge >= 0.3 is 0 Å². The van der Waals surface area contributed by atoms with Gasteiger partial charge in [0.05, 0.1) is 0 Å². The Hall–Kier alpha value is -1.32. The highest BCUT2D eigenvalue weighted by molar-refractivity contribution is 6.31. The summed E-state index contributed by atoms with van der Waals surface area (Å²) in [6, 6.07) is 5.61. The summed E-state index contributed by atoms with van der Waals surface area (Å²) in [5, 5.41) is 4.88. The lowest BCUT2D eigenvalue weighted by Gasteiger charge is -2.21. The van der Waals surface area contributed by atoms with Gasteiger partial charge in [0.25, 0.3) is 0 Å². The van der Waals surface area contributed by atoms with Crippen LogP contribution in [0.15, 0.2) is 24.4 Å². The predicted molar refractivity (Wildman–Crippen MR) is 73.2 cm³/mol. The molecule has 4 heteroatoms. The van der Waals surface area contributed by atoms with E-state index in [0.717, 1.165) is 42.4 Å². The van der Waals surface area contributed by atoms with Crippen LogP contribution in [0.2, 0.25) is 5.02 Å². The molecule has 1 aliphatic rings. The fourth-order valence-electron chi connectivity index (χ4n) is 2.60. The SMILES string of the molecule is O=C(c1c[nH]c2ccc(Cl)cc12)C1CCNCC1. The van der Waals surface area contributed by atoms with Gasteiger partial charge in [-0.3, -0.25) is 4.79 Å². The van der Waals surface area contributed by atoms with Crippen molar-refractivity contribution in [3.05, 3.63) is 35.0 Å². The molecule has 3 rings (SSSR count). The molecule has 0 aliphatic carbocycles. The maximum Gasteiger partial charge on any atom is 0.168 e. The van der Waals surface area contributed by atoms with Crippen molar-refractivity contribution in [1.82, 2.24) is 10.3 Å². The lowest BCUT2D eigenvalue weighted by molar-refractivity contribution is 0.0897. The molecular formula is C14H15ClN2O. The van der Waals surface area contributed by atoms with Crippen molar-refractivity contribution in [3.63, 3.8) is 0 Å². The van der Waals surface area contributed by atoms with E-state index in [1.807, 2.05) is 24.4 Å². The van der Waals surface area contributed by atoms with E-state index in [9.17, 15) is 4.79 Å². The number of nitrogens with one attached hydrogen (secondary N) is 2. The second-order valence-corrected chi connectivity index (χ2v) is 5.22. The monoisotopic (exact) mass is 262 g/mol. The van der Waals surface area contributed by atoms with Crippen LogP contribution < -0.4 is 5.32 Å². The molecule has 0 radical (unpaired) electrons. The number of aromatic amines is 1. The summed E-state index contributed by atoms with van der Waals surface area (Å²) >= 11 is 6.00. The number of hydrogen-bond donors (Lipinski definition) is 2. The van der Waals surface area contributed by atoms with Gasteiger partial charge in [-0.25, -0.2) is 0 Å². The number of fused-ring (bicyclic) bond motifs is 1. The largest absolute Gasteiger partial charge is 0.360 e. The number of rotatable bonds is 2. The third-order valence-corrected chi connectivity index (χ3v) is 3.85. The number of carbonyl (C=O) groups excluding carboxylic acids is 1. The molecule has 0 bridgehead atoms. The van der Waals surface area contributed by atoms with Crippen LogP contribution in [0.25, 0.3) is 10.9 Å². The van der Waals surface area contributed by atoms with Crippen molar-refractivity contribution in [2.45, 2.75) is 12.8 Å². The Labute approximate surface area is 111 Å². The fraction of sp³-hybridized carbons (Fsp3) is 0.357. The number of aromatic nitrogens is 1. The second kappa shape index (κ2) is 4.75. The summed E-state index contributed by atoms with van der Waals surface area (Å²) in [6.07, 6.45) is 3.66. The minimum atomic E-state index is 0.143. The Morgan fingerprint density at radius 1 is 1.28 bits per heavy atom. The van der Waals surface area contributed by atoms with Crippen LogP contribution in [0.1, 0.15) is 23.2 Å². The summed E-state index contributed by atoms with van der Waals surface area (Å²) < 4.78 is 0. The van der Waals surface area contributed by atoms with E-state index in [-0.39, 0.29) is 11.7 Å². The van der Waals surface area contributed by atoms with Gasteiger partial charge in [-0.05, 0) is 44.1 Å². The Balaban J connectivity index is 1.98. The van der Waals surface area contributed by atoms with Crippen molar-refractivity contribution >= 4 is 28.3 Å². The highest BCUT2D eigenvalue weighted by atomic mass is 35.5. The molecular weight excluding hydrogens is 248 g/mol. The predicted octanol–water partition coefficient (Wildman–Crippen LogP) is 3.00. The molecule has 1 saturated heterocycles. The number of H-pyrrole nitrogens is 1. The van der Waals surface area contributed by atoms with E-state index in [2.05, 4.69) is 10.3 Å². The van der Waals surface area contributed by atoms with Crippen LogP contribution >= 0.6 is 11.6 Å². The highest BCUT2D eigenvalue weighted by Gasteiger charge is 2.24. The molecule has 0 unspecified atom stereocenters. The fourth-order valence-corrected chi connectivity index (χ4v) is 2.77. The Morgan fingerprint density at radius 3 is 2.83 bits per heavy atom. The van der Waals surface area contributed by atoms with Crippen LogP contribution in [0.4, 0.5) is 0 Å². The molecule has 1 aliphatic heterocycles. The van der Waals surface area contributed by atoms with Crippen molar-refractivity contribution < 1.29 is 4.79 Å². The molecule has 2 N–H and O–H groups in total. The molecule has 0 amide bonds. The summed E-state index contributed by atoms with van der Waals surface area (Å²) in [5.74, 6) is 0.384. The van der Waals surface area contributed by atoms with Gasteiger partial charge in [0, 0.05) is 33.6 Å². The van der Waals surface area contributed by atoms with Gasteiger partial charge in [-0.1, -0.05) is 11.6 Å². The zero-order valence-electron chi connectivity index (χ0n) is 10.0. The maximum atomic E-state index is 12.5. The molecule has 2 aromatic rings. The number of benzene rings is 1. The molecule has 18 heavy (non-hydrogen) atoms. The zero-order chi connectivity index (χ0) is 12.5. The number of carbonyl (C=O) groups is 1. The topological polar surface area (TPSA) is 44.9 Å². The van der Waals surface area contributed by atoms with E-state index in [0.29, 0.717) is 5.02 Å². The molecule has 2 heterocycles. The van der Waals surface area contributed by atoms with Crippen LogP contribution in [0.5, 0.6) is 0 Å². The van der Waals surface area contributed by atoms with Gasteiger partial charge in [-0.15, -0.1) is 0 Å². The van der Waals surface area contributed by atoms with E-state index in [1.54, 1.807) is 0 Å². The second-order valence-electron chi connectivity index (χ2n) is 4.78.